The van der Waals surface area contributed by atoms with Gasteiger partial charge in [0, 0.05) is 13.1 Å². The Morgan fingerprint density at radius 3 is 2.73 bits per heavy atom. The summed E-state index contributed by atoms with van der Waals surface area (Å²) in [6.07, 6.45) is 7.74. The average Bonchev–Trinajstić information content (AvgIpc) is 2.04. The highest BCUT2D eigenvalue weighted by Gasteiger charge is 2.15. The summed E-state index contributed by atoms with van der Waals surface area (Å²) < 4.78 is 5.42. The summed E-state index contributed by atoms with van der Waals surface area (Å²) in [6.45, 7) is 2.73. The molecule has 11 heavy (non-hydrogen) atoms. The van der Waals surface area contributed by atoms with Gasteiger partial charge in [-0.15, -0.1) is 6.42 Å². The highest BCUT2D eigenvalue weighted by Crippen LogP contribution is 2.11. The van der Waals surface area contributed by atoms with Crippen LogP contribution in [0.3, 0.4) is 0 Å². The molecule has 0 aromatic carbocycles. The summed E-state index contributed by atoms with van der Waals surface area (Å²) in [5.74, 6) is 2.49. The lowest BCUT2D eigenvalue weighted by molar-refractivity contribution is 0.0307. The number of ether oxygens (including phenoxy) is 1. The van der Waals surface area contributed by atoms with Gasteiger partial charge in [-0.1, -0.05) is 5.92 Å². The Hall–Kier alpha value is -0.520. The average molecular weight is 153 g/mol. The minimum absolute atomic E-state index is 0.405. The third kappa shape index (κ3) is 2.92. The summed E-state index contributed by atoms with van der Waals surface area (Å²) in [6, 6.07) is 0. The lowest BCUT2D eigenvalue weighted by atomic mass is 10.1. The van der Waals surface area contributed by atoms with Gasteiger partial charge in [-0.3, -0.25) is 0 Å². The lowest BCUT2D eigenvalue weighted by Gasteiger charge is -2.28. The Bertz CT molecular complexity index is 142. The van der Waals surface area contributed by atoms with Crippen LogP contribution in [0.25, 0.3) is 0 Å². The molecule has 0 saturated carbocycles. The molecule has 0 amide bonds. The van der Waals surface area contributed by atoms with Gasteiger partial charge in [-0.25, -0.2) is 0 Å². The van der Waals surface area contributed by atoms with E-state index in [0.717, 1.165) is 25.9 Å². The second-order valence-corrected chi connectivity index (χ2v) is 3.02. The Morgan fingerprint density at radius 1 is 1.55 bits per heavy atom. The van der Waals surface area contributed by atoms with E-state index in [4.69, 9.17) is 11.2 Å². The monoisotopic (exact) mass is 153 g/mol. The summed E-state index contributed by atoms with van der Waals surface area (Å²) in [5.41, 5.74) is 0. The van der Waals surface area contributed by atoms with E-state index >= 15 is 0 Å². The molecule has 2 nitrogen and oxygen atoms in total. The second-order valence-electron chi connectivity index (χ2n) is 3.02. The smallest absolute Gasteiger partial charge is 0.107 e. The molecule has 0 unspecified atom stereocenters. The zero-order chi connectivity index (χ0) is 8.10. The van der Waals surface area contributed by atoms with Gasteiger partial charge in [-0.2, -0.15) is 0 Å². The minimum Gasteiger partial charge on any atom is -0.365 e. The normalized spacial score (nSPS) is 21.5. The van der Waals surface area contributed by atoms with Crippen LogP contribution in [-0.2, 0) is 4.74 Å². The van der Waals surface area contributed by atoms with E-state index in [2.05, 4.69) is 17.9 Å². The van der Waals surface area contributed by atoms with Crippen LogP contribution in [0.4, 0.5) is 0 Å². The zero-order valence-corrected chi connectivity index (χ0v) is 7.05. The standard InChI is InChI=1S/C9H15NO/c1-3-8-11-9-4-6-10(2)7-5-9/h1,9H,4-8H2,2H3. The molecule has 2 heteroatoms. The first kappa shape index (κ1) is 8.58. The van der Waals surface area contributed by atoms with Gasteiger partial charge in [-0.05, 0) is 19.9 Å². The van der Waals surface area contributed by atoms with Gasteiger partial charge in [0.2, 0.25) is 0 Å². The van der Waals surface area contributed by atoms with Crippen LogP contribution in [0.2, 0.25) is 0 Å². The van der Waals surface area contributed by atoms with Crippen molar-refractivity contribution in [3.8, 4) is 12.3 Å². The van der Waals surface area contributed by atoms with E-state index in [1.165, 1.54) is 0 Å². The molecule has 1 aliphatic heterocycles. The van der Waals surface area contributed by atoms with Crippen LogP contribution in [0, 0.1) is 12.3 Å². The van der Waals surface area contributed by atoms with Gasteiger partial charge in [0.1, 0.15) is 6.61 Å². The van der Waals surface area contributed by atoms with Crippen molar-refractivity contribution < 1.29 is 4.74 Å². The van der Waals surface area contributed by atoms with Crippen molar-refractivity contribution in [2.45, 2.75) is 18.9 Å². The van der Waals surface area contributed by atoms with Gasteiger partial charge < -0.3 is 9.64 Å². The SMILES string of the molecule is C#CCOC1CCN(C)CC1. The van der Waals surface area contributed by atoms with Crippen molar-refractivity contribution >= 4 is 0 Å². The van der Waals surface area contributed by atoms with Gasteiger partial charge >= 0.3 is 0 Å². The molecule has 0 aromatic heterocycles. The Morgan fingerprint density at radius 2 is 2.18 bits per heavy atom. The molecular formula is C9H15NO. The van der Waals surface area contributed by atoms with E-state index in [9.17, 15) is 0 Å². The minimum atomic E-state index is 0.405. The quantitative estimate of drug-likeness (QED) is 0.542. The number of terminal acetylenes is 1. The van der Waals surface area contributed by atoms with Crippen LogP contribution in [0.15, 0.2) is 0 Å². The maximum atomic E-state index is 5.42. The lowest BCUT2D eigenvalue weighted by Crippen LogP contribution is -2.34. The molecule has 0 aliphatic carbocycles. The zero-order valence-electron chi connectivity index (χ0n) is 7.05. The molecule has 0 bridgehead atoms. The number of nitrogens with zero attached hydrogens (tertiary/aromatic N) is 1. The predicted octanol–water partition coefficient (Wildman–Crippen LogP) is 0.730. The molecule has 1 aliphatic rings. The van der Waals surface area contributed by atoms with Crippen LogP contribution in [0.1, 0.15) is 12.8 Å². The molecule has 0 N–H and O–H groups in total. The third-order valence-electron chi connectivity index (χ3n) is 2.07. The number of hydrogen-bond donors (Lipinski definition) is 0. The molecule has 1 fully saturated rings. The number of hydrogen-bond acceptors (Lipinski definition) is 2. The Balaban J connectivity index is 2.13. The maximum Gasteiger partial charge on any atom is 0.107 e. The van der Waals surface area contributed by atoms with Crippen LogP contribution < -0.4 is 0 Å². The molecule has 0 spiro atoms. The maximum absolute atomic E-state index is 5.42. The molecule has 1 heterocycles. The van der Waals surface area contributed by atoms with Gasteiger partial charge in [0.15, 0.2) is 0 Å². The molecule has 0 atom stereocenters. The van der Waals surface area contributed by atoms with Gasteiger partial charge in [0.05, 0.1) is 6.10 Å². The van der Waals surface area contributed by atoms with E-state index in [1.807, 2.05) is 0 Å². The fraction of sp³-hybridized carbons (Fsp3) is 0.778. The summed E-state index contributed by atoms with van der Waals surface area (Å²) in [5, 5.41) is 0. The third-order valence-corrected chi connectivity index (χ3v) is 2.07. The predicted molar refractivity (Wildman–Crippen MR) is 45.3 cm³/mol. The van der Waals surface area contributed by atoms with Gasteiger partial charge in [0.25, 0.3) is 0 Å². The Labute approximate surface area is 68.5 Å². The van der Waals surface area contributed by atoms with Crippen molar-refractivity contribution in [2.24, 2.45) is 0 Å². The van der Waals surface area contributed by atoms with E-state index in [-0.39, 0.29) is 0 Å². The first-order valence-corrected chi connectivity index (χ1v) is 4.06. The van der Waals surface area contributed by atoms with Crippen molar-refractivity contribution in [3.63, 3.8) is 0 Å². The molecule has 62 valence electrons. The summed E-state index contributed by atoms with van der Waals surface area (Å²) in [7, 11) is 2.14. The largest absolute Gasteiger partial charge is 0.365 e. The van der Waals surface area contributed by atoms with Crippen molar-refractivity contribution in [1.82, 2.24) is 4.90 Å². The van der Waals surface area contributed by atoms with Crippen molar-refractivity contribution in [1.29, 1.82) is 0 Å². The fourth-order valence-corrected chi connectivity index (χ4v) is 1.32. The van der Waals surface area contributed by atoms with Crippen LogP contribution >= 0.6 is 0 Å². The van der Waals surface area contributed by atoms with Crippen molar-refractivity contribution in [2.75, 3.05) is 26.7 Å². The first-order valence-electron chi connectivity index (χ1n) is 4.06. The molecule has 0 aromatic rings. The molecule has 1 rings (SSSR count). The van der Waals surface area contributed by atoms with Crippen LogP contribution in [-0.4, -0.2) is 37.7 Å². The second kappa shape index (κ2) is 4.38. The number of rotatable bonds is 2. The number of likely N-dealkylation sites (tertiary alicyclic amines) is 1. The van der Waals surface area contributed by atoms with E-state index < -0.39 is 0 Å². The van der Waals surface area contributed by atoms with Crippen molar-refractivity contribution in [3.05, 3.63) is 0 Å². The molecule has 0 radical (unpaired) electrons. The van der Waals surface area contributed by atoms with Crippen LogP contribution in [0.5, 0.6) is 0 Å². The fourth-order valence-electron chi connectivity index (χ4n) is 1.32. The van der Waals surface area contributed by atoms with E-state index in [1.54, 1.807) is 0 Å². The summed E-state index contributed by atoms with van der Waals surface area (Å²) in [4.78, 5) is 2.32. The molecular weight excluding hydrogens is 138 g/mol. The van der Waals surface area contributed by atoms with E-state index in [0.29, 0.717) is 12.7 Å². The summed E-state index contributed by atoms with van der Waals surface area (Å²) >= 11 is 0. The Kier molecular flexibility index (Phi) is 3.41. The molecule has 1 saturated heterocycles. The highest BCUT2D eigenvalue weighted by atomic mass is 16.5. The first-order chi connectivity index (χ1) is 5.33. The highest BCUT2D eigenvalue weighted by molar-refractivity contribution is 4.84. The topological polar surface area (TPSA) is 12.5 Å². The number of piperidine rings is 1.